The van der Waals surface area contributed by atoms with Crippen molar-refractivity contribution in [2.24, 2.45) is 11.8 Å². The van der Waals surface area contributed by atoms with E-state index in [-0.39, 0.29) is 48.3 Å². The normalized spacial score (nSPS) is 25.9. The van der Waals surface area contributed by atoms with Crippen LogP contribution in [0.25, 0.3) is 0 Å². The Morgan fingerprint density at radius 3 is 2.54 bits per heavy atom. The molecule has 1 saturated heterocycles. The summed E-state index contributed by atoms with van der Waals surface area (Å²) in [4.78, 5) is 44.8. The molecular weight excluding hydrogens is 476 g/mol. The van der Waals surface area contributed by atoms with Gasteiger partial charge in [0.05, 0.1) is 37.5 Å². The van der Waals surface area contributed by atoms with Crippen LogP contribution < -0.4 is 10.1 Å². The van der Waals surface area contributed by atoms with Gasteiger partial charge in [-0.2, -0.15) is 0 Å². The Morgan fingerprint density at radius 2 is 1.86 bits per heavy atom. The largest absolute Gasteiger partial charge is 0.491 e. The molecule has 3 aliphatic rings. The van der Waals surface area contributed by atoms with Gasteiger partial charge in [0.2, 0.25) is 11.8 Å². The van der Waals surface area contributed by atoms with E-state index in [2.05, 4.69) is 10.2 Å². The summed E-state index contributed by atoms with van der Waals surface area (Å²) in [5, 5.41) is 2.92. The highest BCUT2D eigenvalue weighted by molar-refractivity contribution is 6.00. The standard InChI is InChI=1S/C27H40N4O6/c1-18-14-31(25(32)16-30-9-11-36-12-10-30)19(2)17-37-23-8-7-21(28-26(33)20-5-6-20)13-22(23)27(34)29(3)15-24(18)35-4/h7-8,13,18-20,24H,5-6,9-12,14-17H2,1-4H3,(H,28,33)/t18-,19+,24+/m1/s1. The van der Waals surface area contributed by atoms with Crippen LogP contribution in [0.2, 0.25) is 0 Å². The second kappa shape index (κ2) is 12.2. The Kier molecular flexibility index (Phi) is 9.04. The van der Waals surface area contributed by atoms with Gasteiger partial charge in [0.1, 0.15) is 12.4 Å². The molecule has 0 spiro atoms. The van der Waals surface area contributed by atoms with Gasteiger partial charge in [-0.3, -0.25) is 19.3 Å². The van der Waals surface area contributed by atoms with Crippen LogP contribution in [0.5, 0.6) is 5.75 Å². The Balaban J connectivity index is 1.58. The molecule has 2 heterocycles. The number of carbonyl (C=O) groups excluding carboxylic acids is 3. The molecule has 1 aromatic rings. The number of methoxy groups -OCH3 is 1. The number of nitrogens with one attached hydrogen (secondary N) is 1. The van der Waals surface area contributed by atoms with Crippen LogP contribution in [-0.2, 0) is 19.1 Å². The van der Waals surface area contributed by atoms with E-state index in [1.807, 2.05) is 18.7 Å². The minimum Gasteiger partial charge on any atom is -0.491 e. The molecule has 3 atom stereocenters. The van der Waals surface area contributed by atoms with E-state index in [1.165, 1.54) is 0 Å². The van der Waals surface area contributed by atoms with Gasteiger partial charge in [0.15, 0.2) is 0 Å². The quantitative estimate of drug-likeness (QED) is 0.636. The van der Waals surface area contributed by atoms with E-state index in [0.29, 0.717) is 49.8 Å². The maximum absolute atomic E-state index is 13.5. The number of benzene rings is 1. The number of morpholine rings is 1. The second-order valence-corrected chi connectivity index (χ2v) is 10.5. The summed E-state index contributed by atoms with van der Waals surface area (Å²) in [6, 6.07) is 4.93. The van der Waals surface area contributed by atoms with Crippen LogP contribution in [0.15, 0.2) is 18.2 Å². The predicted molar refractivity (Wildman–Crippen MR) is 139 cm³/mol. The lowest BCUT2D eigenvalue weighted by molar-refractivity contribution is -0.137. The molecule has 204 valence electrons. The van der Waals surface area contributed by atoms with Gasteiger partial charge >= 0.3 is 0 Å². The average molecular weight is 517 g/mol. The minimum absolute atomic E-state index is 0.0144. The number of ether oxygens (including phenoxy) is 3. The number of amides is 3. The first kappa shape index (κ1) is 27.3. The zero-order valence-electron chi connectivity index (χ0n) is 22.4. The molecule has 3 amide bonds. The molecule has 4 rings (SSSR count). The Hall–Kier alpha value is -2.69. The van der Waals surface area contributed by atoms with Crippen LogP contribution in [0.1, 0.15) is 37.0 Å². The van der Waals surface area contributed by atoms with Crippen molar-refractivity contribution in [3.63, 3.8) is 0 Å². The van der Waals surface area contributed by atoms with Crippen LogP contribution >= 0.6 is 0 Å². The number of hydrogen-bond acceptors (Lipinski definition) is 7. The van der Waals surface area contributed by atoms with Crippen molar-refractivity contribution in [2.75, 3.05) is 72.0 Å². The lowest BCUT2D eigenvalue weighted by Gasteiger charge is -2.37. The van der Waals surface area contributed by atoms with Crippen LogP contribution in [0, 0.1) is 11.8 Å². The molecule has 2 aliphatic heterocycles. The first-order valence-electron chi connectivity index (χ1n) is 13.2. The summed E-state index contributed by atoms with van der Waals surface area (Å²) in [6.45, 7) is 8.16. The summed E-state index contributed by atoms with van der Waals surface area (Å²) in [6.07, 6.45) is 1.54. The first-order valence-corrected chi connectivity index (χ1v) is 13.2. The van der Waals surface area contributed by atoms with Crippen molar-refractivity contribution in [3.05, 3.63) is 23.8 Å². The van der Waals surface area contributed by atoms with E-state index < -0.39 is 0 Å². The molecule has 0 unspecified atom stereocenters. The molecule has 1 aliphatic carbocycles. The van der Waals surface area contributed by atoms with Crippen LogP contribution in [0.4, 0.5) is 5.69 Å². The lowest BCUT2D eigenvalue weighted by Crippen LogP contribution is -2.52. The monoisotopic (exact) mass is 516 g/mol. The number of likely N-dealkylation sites (N-methyl/N-ethyl adjacent to an activating group) is 1. The van der Waals surface area contributed by atoms with Crippen molar-refractivity contribution in [2.45, 2.75) is 38.8 Å². The number of nitrogens with zero attached hydrogens (tertiary/aromatic N) is 3. The number of rotatable bonds is 5. The molecule has 10 heteroatoms. The summed E-state index contributed by atoms with van der Waals surface area (Å²) < 4.78 is 17.4. The molecule has 37 heavy (non-hydrogen) atoms. The van der Waals surface area contributed by atoms with Gasteiger partial charge in [0, 0.05) is 57.9 Å². The molecule has 1 aromatic carbocycles. The zero-order valence-corrected chi connectivity index (χ0v) is 22.4. The predicted octanol–water partition coefficient (Wildman–Crippen LogP) is 1.70. The number of hydrogen-bond donors (Lipinski definition) is 1. The fourth-order valence-electron chi connectivity index (χ4n) is 4.83. The zero-order chi connectivity index (χ0) is 26.5. The molecule has 0 radical (unpaired) electrons. The summed E-state index contributed by atoms with van der Waals surface area (Å²) >= 11 is 0. The van der Waals surface area contributed by atoms with E-state index in [1.54, 1.807) is 37.3 Å². The van der Waals surface area contributed by atoms with Crippen molar-refractivity contribution < 1.29 is 28.6 Å². The Labute approximate surface area is 219 Å². The highest BCUT2D eigenvalue weighted by Crippen LogP contribution is 2.31. The maximum Gasteiger partial charge on any atom is 0.257 e. The fraction of sp³-hybridized carbons (Fsp3) is 0.667. The first-order chi connectivity index (χ1) is 17.8. The molecule has 0 aromatic heterocycles. The number of carbonyl (C=O) groups is 3. The van der Waals surface area contributed by atoms with Crippen molar-refractivity contribution in [3.8, 4) is 5.75 Å². The molecule has 2 fully saturated rings. The van der Waals surface area contributed by atoms with Crippen LogP contribution in [0.3, 0.4) is 0 Å². The smallest absolute Gasteiger partial charge is 0.257 e. The van der Waals surface area contributed by atoms with Crippen molar-refractivity contribution in [1.82, 2.24) is 14.7 Å². The van der Waals surface area contributed by atoms with E-state index in [4.69, 9.17) is 14.2 Å². The van der Waals surface area contributed by atoms with E-state index in [9.17, 15) is 14.4 Å². The maximum atomic E-state index is 13.5. The molecule has 1 saturated carbocycles. The molecular formula is C27H40N4O6. The SMILES string of the molecule is CO[C@H]1CN(C)C(=O)c2cc(NC(=O)C3CC3)ccc2OC[C@H](C)N(C(=O)CN2CCOCC2)C[C@H]1C. The molecule has 10 nitrogen and oxygen atoms in total. The van der Waals surface area contributed by atoms with Crippen LogP contribution in [-0.4, -0.2) is 111 Å². The van der Waals surface area contributed by atoms with Crippen molar-refractivity contribution in [1.29, 1.82) is 0 Å². The topological polar surface area (TPSA) is 101 Å². The molecule has 0 bridgehead atoms. The second-order valence-electron chi connectivity index (χ2n) is 10.5. The Morgan fingerprint density at radius 1 is 1.14 bits per heavy atom. The summed E-state index contributed by atoms with van der Waals surface area (Å²) in [5.41, 5.74) is 0.942. The summed E-state index contributed by atoms with van der Waals surface area (Å²) in [7, 11) is 3.37. The minimum atomic E-state index is -0.263. The fourth-order valence-corrected chi connectivity index (χ4v) is 4.83. The third-order valence-electron chi connectivity index (χ3n) is 7.44. The van der Waals surface area contributed by atoms with Gasteiger partial charge in [-0.25, -0.2) is 0 Å². The highest BCUT2D eigenvalue weighted by atomic mass is 16.5. The van der Waals surface area contributed by atoms with E-state index >= 15 is 0 Å². The Bertz CT molecular complexity index is 978. The van der Waals surface area contributed by atoms with Gasteiger partial charge in [-0.05, 0) is 38.0 Å². The van der Waals surface area contributed by atoms with Crippen molar-refractivity contribution >= 4 is 23.4 Å². The third kappa shape index (κ3) is 7.00. The third-order valence-corrected chi connectivity index (χ3v) is 7.44. The highest BCUT2D eigenvalue weighted by Gasteiger charge is 2.32. The van der Waals surface area contributed by atoms with Gasteiger partial charge < -0.3 is 29.3 Å². The number of anilines is 1. The van der Waals surface area contributed by atoms with Gasteiger partial charge in [-0.1, -0.05) is 6.92 Å². The van der Waals surface area contributed by atoms with Gasteiger partial charge in [0.25, 0.3) is 5.91 Å². The van der Waals surface area contributed by atoms with Gasteiger partial charge in [-0.15, -0.1) is 0 Å². The average Bonchev–Trinajstić information content (AvgIpc) is 3.74. The number of fused-ring (bicyclic) bond motifs is 1. The molecule has 1 N–H and O–H groups in total. The van der Waals surface area contributed by atoms with E-state index in [0.717, 1.165) is 25.9 Å². The summed E-state index contributed by atoms with van der Waals surface area (Å²) in [5.74, 6) is 0.281. The lowest BCUT2D eigenvalue weighted by atomic mass is 10.0.